The van der Waals surface area contributed by atoms with Gasteiger partial charge in [-0.2, -0.15) is 0 Å². The highest BCUT2D eigenvalue weighted by Crippen LogP contribution is 2.32. The molecule has 0 bridgehead atoms. The summed E-state index contributed by atoms with van der Waals surface area (Å²) < 4.78 is 5.27. The Balaban J connectivity index is 1.88. The van der Waals surface area contributed by atoms with Crippen LogP contribution in [0.25, 0.3) is 0 Å². The summed E-state index contributed by atoms with van der Waals surface area (Å²) in [6.45, 7) is 0.852. The maximum Gasteiger partial charge on any atom is 0.310 e. The lowest BCUT2D eigenvalue weighted by Gasteiger charge is -2.27. The second-order valence-electron chi connectivity index (χ2n) is 5.61. The van der Waals surface area contributed by atoms with E-state index in [1.54, 1.807) is 13.2 Å². The number of ether oxygens (including phenoxy) is 1. The third kappa shape index (κ3) is 3.12. The number of nitrogens with zero attached hydrogens (tertiary/aromatic N) is 1. The molecule has 0 spiro atoms. The van der Waals surface area contributed by atoms with E-state index in [0.717, 1.165) is 24.3 Å². The maximum atomic E-state index is 11.0. The van der Waals surface area contributed by atoms with E-state index < -0.39 is 4.92 Å². The van der Waals surface area contributed by atoms with Crippen LogP contribution in [-0.4, -0.2) is 23.7 Å². The van der Waals surface area contributed by atoms with E-state index in [-0.39, 0.29) is 17.5 Å². The summed E-state index contributed by atoms with van der Waals surface area (Å²) in [5.41, 5.74) is 2.98. The number of nitro groups is 1. The van der Waals surface area contributed by atoms with Crippen LogP contribution in [0.1, 0.15) is 22.7 Å². The Morgan fingerprint density at radius 2 is 2.17 bits per heavy atom. The Kier molecular flexibility index (Phi) is 4.16. The molecule has 2 N–H and O–H groups in total. The standard InChI is InChI=1S/C17H18N2O4/c1-23-13-3-4-14-12(10-13)6-7-18-15(14)8-11-2-5-17(20)16(9-11)19(21)22/h2-5,9-10,15,18,20H,6-8H2,1H3/t15-/m0/s1. The highest BCUT2D eigenvalue weighted by molar-refractivity contribution is 5.48. The third-order valence-electron chi connectivity index (χ3n) is 4.19. The van der Waals surface area contributed by atoms with E-state index in [1.807, 2.05) is 18.2 Å². The van der Waals surface area contributed by atoms with Gasteiger partial charge < -0.3 is 15.2 Å². The van der Waals surface area contributed by atoms with Crippen LogP contribution in [0.4, 0.5) is 5.69 Å². The molecule has 0 saturated heterocycles. The monoisotopic (exact) mass is 314 g/mol. The average Bonchev–Trinajstić information content (AvgIpc) is 2.56. The Morgan fingerprint density at radius 3 is 2.91 bits per heavy atom. The van der Waals surface area contributed by atoms with Crippen molar-refractivity contribution in [1.82, 2.24) is 5.32 Å². The van der Waals surface area contributed by atoms with Gasteiger partial charge in [0.25, 0.3) is 0 Å². The smallest absolute Gasteiger partial charge is 0.310 e. The van der Waals surface area contributed by atoms with Gasteiger partial charge in [-0.15, -0.1) is 0 Å². The number of nitrogens with one attached hydrogen (secondary N) is 1. The fourth-order valence-corrected chi connectivity index (χ4v) is 3.02. The molecule has 0 radical (unpaired) electrons. The molecule has 1 atom stereocenters. The zero-order valence-corrected chi connectivity index (χ0v) is 12.8. The first-order valence-electron chi connectivity index (χ1n) is 7.45. The van der Waals surface area contributed by atoms with Crippen LogP contribution in [0.5, 0.6) is 11.5 Å². The summed E-state index contributed by atoms with van der Waals surface area (Å²) in [5, 5.41) is 24.0. The maximum absolute atomic E-state index is 11.0. The molecule has 120 valence electrons. The number of methoxy groups -OCH3 is 1. The van der Waals surface area contributed by atoms with Crippen molar-refractivity contribution in [3.8, 4) is 11.5 Å². The summed E-state index contributed by atoms with van der Waals surface area (Å²) >= 11 is 0. The van der Waals surface area contributed by atoms with E-state index in [9.17, 15) is 15.2 Å². The van der Waals surface area contributed by atoms with Gasteiger partial charge in [-0.1, -0.05) is 12.1 Å². The van der Waals surface area contributed by atoms with Crippen molar-refractivity contribution >= 4 is 5.69 Å². The minimum absolute atomic E-state index is 0.0915. The Bertz CT molecular complexity index is 745. The largest absolute Gasteiger partial charge is 0.502 e. The first kappa shape index (κ1) is 15.3. The molecule has 0 unspecified atom stereocenters. The van der Waals surface area contributed by atoms with Gasteiger partial charge in [-0.25, -0.2) is 0 Å². The first-order valence-corrected chi connectivity index (χ1v) is 7.45. The number of nitro benzene ring substituents is 1. The first-order chi connectivity index (χ1) is 11.1. The van der Waals surface area contributed by atoms with Crippen LogP contribution in [0, 0.1) is 10.1 Å². The number of benzene rings is 2. The molecule has 2 aromatic rings. The topological polar surface area (TPSA) is 84.6 Å². The van der Waals surface area contributed by atoms with E-state index in [0.29, 0.717) is 6.42 Å². The molecule has 3 rings (SSSR count). The third-order valence-corrected chi connectivity index (χ3v) is 4.19. The molecular weight excluding hydrogens is 296 g/mol. The lowest BCUT2D eigenvalue weighted by atomic mass is 9.90. The molecule has 2 aromatic carbocycles. The minimum atomic E-state index is -0.564. The zero-order chi connectivity index (χ0) is 16.4. The highest BCUT2D eigenvalue weighted by Gasteiger charge is 2.22. The van der Waals surface area contributed by atoms with Gasteiger partial charge in [-0.05, 0) is 54.3 Å². The quantitative estimate of drug-likeness (QED) is 0.669. The van der Waals surface area contributed by atoms with Crippen molar-refractivity contribution in [3.05, 3.63) is 63.2 Å². The summed E-state index contributed by atoms with van der Waals surface area (Å²) in [6, 6.07) is 10.6. The van der Waals surface area contributed by atoms with Crippen LogP contribution in [0.2, 0.25) is 0 Å². The molecule has 1 aliphatic heterocycles. The van der Waals surface area contributed by atoms with E-state index in [1.165, 1.54) is 23.3 Å². The molecule has 0 saturated carbocycles. The SMILES string of the molecule is COc1ccc2c(c1)CCN[C@H]2Cc1ccc(O)c([N+](=O)[O-])c1. The van der Waals surface area contributed by atoms with Crippen molar-refractivity contribution < 1.29 is 14.8 Å². The molecule has 6 nitrogen and oxygen atoms in total. The average molecular weight is 314 g/mol. The van der Waals surface area contributed by atoms with Crippen molar-refractivity contribution in [1.29, 1.82) is 0 Å². The normalized spacial score (nSPS) is 16.7. The second kappa shape index (κ2) is 6.26. The van der Waals surface area contributed by atoms with Crippen molar-refractivity contribution in [3.63, 3.8) is 0 Å². The van der Waals surface area contributed by atoms with Gasteiger partial charge in [0.05, 0.1) is 12.0 Å². The molecule has 0 aliphatic carbocycles. The van der Waals surface area contributed by atoms with E-state index in [2.05, 4.69) is 5.32 Å². The van der Waals surface area contributed by atoms with Crippen LogP contribution < -0.4 is 10.1 Å². The number of fused-ring (bicyclic) bond motifs is 1. The van der Waals surface area contributed by atoms with Crippen molar-refractivity contribution in [2.75, 3.05) is 13.7 Å². The summed E-state index contributed by atoms with van der Waals surface area (Å²) in [5.74, 6) is 0.533. The predicted octanol–water partition coefficient (Wildman–Crippen LogP) is 2.74. The lowest BCUT2D eigenvalue weighted by molar-refractivity contribution is -0.385. The summed E-state index contributed by atoms with van der Waals surface area (Å²) in [4.78, 5) is 10.4. The van der Waals surface area contributed by atoms with Crippen molar-refractivity contribution in [2.45, 2.75) is 18.9 Å². The van der Waals surface area contributed by atoms with Gasteiger partial charge in [0.2, 0.25) is 0 Å². The van der Waals surface area contributed by atoms with Gasteiger partial charge in [-0.3, -0.25) is 10.1 Å². The number of rotatable bonds is 4. The lowest BCUT2D eigenvalue weighted by Crippen LogP contribution is -2.31. The zero-order valence-electron chi connectivity index (χ0n) is 12.8. The van der Waals surface area contributed by atoms with Crippen LogP contribution in [0.3, 0.4) is 0 Å². The fourth-order valence-electron chi connectivity index (χ4n) is 3.02. The molecule has 0 fully saturated rings. The number of hydrogen-bond donors (Lipinski definition) is 2. The van der Waals surface area contributed by atoms with Crippen LogP contribution in [-0.2, 0) is 12.8 Å². The molecule has 0 amide bonds. The molecule has 1 heterocycles. The van der Waals surface area contributed by atoms with Gasteiger partial charge in [0.1, 0.15) is 5.75 Å². The van der Waals surface area contributed by atoms with Crippen LogP contribution >= 0.6 is 0 Å². The number of hydrogen-bond acceptors (Lipinski definition) is 5. The fraction of sp³-hybridized carbons (Fsp3) is 0.294. The van der Waals surface area contributed by atoms with E-state index >= 15 is 0 Å². The van der Waals surface area contributed by atoms with Gasteiger partial charge in [0, 0.05) is 12.1 Å². The summed E-state index contributed by atoms with van der Waals surface area (Å²) in [6.07, 6.45) is 1.55. The van der Waals surface area contributed by atoms with Crippen molar-refractivity contribution in [2.24, 2.45) is 0 Å². The Labute approximate surface area is 133 Å². The number of aromatic hydroxyl groups is 1. The second-order valence-corrected chi connectivity index (χ2v) is 5.61. The Morgan fingerprint density at radius 1 is 1.35 bits per heavy atom. The van der Waals surface area contributed by atoms with Gasteiger partial charge >= 0.3 is 5.69 Å². The molecule has 1 aliphatic rings. The van der Waals surface area contributed by atoms with Crippen LogP contribution in [0.15, 0.2) is 36.4 Å². The highest BCUT2D eigenvalue weighted by atomic mass is 16.6. The minimum Gasteiger partial charge on any atom is -0.502 e. The molecular formula is C17H18N2O4. The number of phenols is 1. The molecule has 6 heteroatoms. The van der Waals surface area contributed by atoms with E-state index in [4.69, 9.17) is 4.74 Å². The van der Waals surface area contributed by atoms with Gasteiger partial charge in [0.15, 0.2) is 5.75 Å². The number of phenolic OH excluding ortho intramolecular Hbond substituents is 1. The molecule has 23 heavy (non-hydrogen) atoms. The summed E-state index contributed by atoms with van der Waals surface area (Å²) in [7, 11) is 1.65. The predicted molar refractivity (Wildman–Crippen MR) is 85.9 cm³/mol. The Hall–Kier alpha value is -2.60. The molecule has 0 aromatic heterocycles.